The average molecular weight is 379 g/mol. The molecule has 0 aliphatic heterocycles. The van der Waals surface area contributed by atoms with E-state index in [0.717, 1.165) is 5.25 Å². The number of thioether (sulfide) groups is 1. The minimum Gasteiger partial charge on any atom is -0.159 e. The molecule has 0 radical (unpaired) electrons. The molecular formula is C25H46S. The molecule has 2 atom stereocenters. The number of hydrogen-bond acceptors (Lipinski definition) is 1. The minimum absolute atomic E-state index is 0.396. The summed E-state index contributed by atoms with van der Waals surface area (Å²) in [6, 6.07) is 0. The summed E-state index contributed by atoms with van der Waals surface area (Å²) in [5, 5.41) is 0.725. The number of hydrogen-bond donors (Lipinski definition) is 0. The van der Waals surface area contributed by atoms with Gasteiger partial charge in [-0.25, -0.2) is 0 Å². The summed E-state index contributed by atoms with van der Waals surface area (Å²) in [4.78, 5) is 0. The second-order valence-corrected chi connectivity index (χ2v) is 10.7. The predicted octanol–water partition coefficient (Wildman–Crippen LogP) is 8.97. The van der Waals surface area contributed by atoms with Crippen LogP contribution in [-0.4, -0.2) is 11.0 Å². The third-order valence-electron chi connectivity index (χ3n) is 6.07. The van der Waals surface area contributed by atoms with Crippen LogP contribution in [0.1, 0.15) is 111 Å². The summed E-state index contributed by atoms with van der Waals surface area (Å²) in [5.41, 5.74) is 1.88. The van der Waals surface area contributed by atoms with Crippen LogP contribution in [0, 0.1) is 11.3 Å². The van der Waals surface area contributed by atoms with Crippen molar-refractivity contribution in [3.8, 4) is 0 Å². The van der Waals surface area contributed by atoms with Crippen molar-refractivity contribution in [3.63, 3.8) is 0 Å². The molecule has 152 valence electrons. The van der Waals surface area contributed by atoms with Crippen molar-refractivity contribution >= 4 is 11.8 Å². The van der Waals surface area contributed by atoms with Gasteiger partial charge in [0.2, 0.25) is 0 Å². The molecule has 0 spiro atoms. The van der Waals surface area contributed by atoms with E-state index in [-0.39, 0.29) is 0 Å². The summed E-state index contributed by atoms with van der Waals surface area (Å²) >= 11 is 2.17. The van der Waals surface area contributed by atoms with Gasteiger partial charge in [0, 0.05) is 5.25 Å². The van der Waals surface area contributed by atoms with Crippen molar-refractivity contribution in [2.75, 3.05) is 5.75 Å². The lowest BCUT2D eigenvalue weighted by Crippen LogP contribution is -2.27. The van der Waals surface area contributed by atoms with Crippen LogP contribution < -0.4 is 0 Å². The molecule has 26 heavy (non-hydrogen) atoms. The lowest BCUT2D eigenvalue weighted by molar-refractivity contribution is 0.236. The Bertz CT molecular complexity index is 393. The Hall–Kier alpha value is -0.170. The quantitative estimate of drug-likeness (QED) is 0.202. The Morgan fingerprint density at radius 2 is 1.58 bits per heavy atom. The topological polar surface area (TPSA) is 0 Å². The minimum atomic E-state index is 0.396. The van der Waals surface area contributed by atoms with Gasteiger partial charge >= 0.3 is 0 Å². The molecule has 0 bridgehead atoms. The molecule has 0 N–H and O–H groups in total. The molecule has 1 heteroatoms. The van der Waals surface area contributed by atoms with Crippen LogP contribution in [0.3, 0.4) is 0 Å². The average Bonchev–Trinajstić information content (AvgIpc) is 2.59. The van der Waals surface area contributed by atoms with Gasteiger partial charge in [-0.15, -0.1) is 0 Å². The smallest absolute Gasteiger partial charge is 0.00558 e. The van der Waals surface area contributed by atoms with Gasteiger partial charge in [-0.05, 0) is 42.8 Å². The lowest BCUT2D eigenvalue weighted by Gasteiger charge is -2.38. The number of unbranched alkanes of at least 4 members (excludes halogenated alkanes) is 9. The second kappa shape index (κ2) is 13.9. The van der Waals surface area contributed by atoms with Crippen molar-refractivity contribution in [3.05, 3.63) is 24.3 Å². The highest BCUT2D eigenvalue weighted by molar-refractivity contribution is 7.99. The molecule has 2 unspecified atom stereocenters. The Balaban J connectivity index is 2.01. The summed E-state index contributed by atoms with van der Waals surface area (Å²) in [5.74, 6) is 2.01. The summed E-state index contributed by atoms with van der Waals surface area (Å²) in [7, 11) is 0. The van der Waals surface area contributed by atoms with Crippen LogP contribution in [-0.2, 0) is 0 Å². The van der Waals surface area contributed by atoms with Crippen LogP contribution >= 0.6 is 11.8 Å². The van der Waals surface area contributed by atoms with Gasteiger partial charge in [0.1, 0.15) is 0 Å². The second-order valence-electron chi connectivity index (χ2n) is 9.18. The number of allylic oxidation sites excluding steroid dienone is 3. The highest BCUT2D eigenvalue weighted by Crippen LogP contribution is 2.42. The molecule has 1 aliphatic carbocycles. The van der Waals surface area contributed by atoms with Crippen LogP contribution in [0.2, 0.25) is 0 Å². The zero-order valence-corrected chi connectivity index (χ0v) is 19.1. The van der Waals surface area contributed by atoms with E-state index in [0.29, 0.717) is 11.3 Å². The van der Waals surface area contributed by atoms with Crippen molar-refractivity contribution in [1.29, 1.82) is 0 Å². The molecule has 0 aromatic rings. The number of rotatable bonds is 15. The molecule has 0 nitrogen and oxygen atoms in total. The molecule has 0 aromatic heterocycles. The van der Waals surface area contributed by atoms with Crippen molar-refractivity contribution in [2.45, 2.75) is 116 Å². The molecule has 1 rings (SSSR count). The predicted molar refractivity (Wildman–Crippen MR) is 123 cm³/mol. The van der Waals surface area contributed by atoms with Crippen LogP contribution in [0.15, 0.2) is 24.3 Å². The summed E-state index contributed by atoms with van der Waals surface area (Å²) in [6.45, 7) is 14.0. The van der Waals surface area contributed by atoms with E-state index in [1.54, 1.807) is 0 Å². The standard InChI is InChI=1S/C25H46S/c1-6-7-8-9-10-11-12-13-14-17-20-26-23(3)21-22(2)24-18-15-16-19-25(24,4)5/h15-16,23-24H,2,6-14,17-21H2,1,3-5H3. The molecule has 0 saturated carbocycles. The fourth-order valence-electron chi connectivity index (χ4n) is 4.24. The molecule has 0 aromatic carbocycles. The first-order chi connectivity index (χ1) is 12.5. The van der Waals surface area contributed by atoms with Gasteiger partial charge in [-0.2, -0.15) is 11.8 Å². The molecule has 1 aliphatic rings. The Morgan fingerprint density at radius 1 is 1.00 bits per heavy atom. The first-order valence-electron chi connectivity index (χ1n) is 11.4. The van der Waals surface area contributed by atoms with Gasteiger partial charge in [0.15, 0.2) is 0 Å². The van der Waals surface area contributed by atoms with Gasteiger partial charge < -0.3 is 0 Å². The zero-order valence-electron chi connectivity index (χ0n) is 18.3. The van der Waals surface area contributed by atoms with Crippen LogP contribution in [0.5, 0.6) is 0 Å². The molecular weight excluding hydrogens is 332 g/mol. The highest BCUT2D eigenvalue weighted by atomic mass is 32.2. The monoisotopic (exact) mass is 378 g/mol. The van der Waals surface area contributed by atoms with E-state index >= 15 is 0 Å². The van der Waals surface area contributed by atoms with E-state index in [2.05, 4.69) is 58.2 Å². The third-order valence-corrected chi connectivity index (χ3v) is 7.33. The maximum atomic E-state index is 4.47. The SMILES string of the molecule is C=C(CC(C)SCCCCCCCCCCCC)C1CC=CCC1(C)C. The zero-order chi connectivity index (χ0) is 19.3. The van der Waals surface area contributed by atoms with Crippen LogP contribution in [0.25, 0.3) is 0 Å². The van der Waals surface area contributed by atoms with E-state index in [1.165, 1.54) is 94.8 Å². The Morgan fingerprint density at radius 3 is 2.15 bits per heavy atom. The van der Waals surface area contributed by atoms with E-state index in [4.69, 9.17) is 0 Å². The van der Waals surface area contributed by atoms with E-state index in [9.17, 15) is 0 Å². The largest absolute Gasteiger partial charge is 0.159 e. The summed E-state index contributed by atoms with van der Waals surface area (Å²) in [6.07, 6.45) is 22.6. The fourth-order valence-corrected chi connectivity index (χ4v) is 5.35. The van der Waals surface area contributed by atoms with Crippen molar-refractivity contribution in [1.82, 2.24) is 0 Å². The fraction of sp³-hybridized carbons (Fsp3) is 0.840. The van der Waals surface area contributed by atoms with Gasteiger partial charge in [0.25, 0.3) is 0 Å². The van der Waals surface area contributed by atoms with Gasteiger partial charge in [0.05, 0.1) is 0 Å². The highest BCUT2D eigenvalue weighted by Gasteiger charge is 2.31. The first kappa shape index (κ1) is 23.9. The molecule has 0 heterocycles. The van der Waals surface area contributed by atoms with Crippen molar-refractivity contribution in [2.24, 2.45) is 11.3 Å². The Kier molecular flexibility index (Phi) is 12.8. The van der Waals surface area contributed by atoms with Gasteiger partial charge in [-0.1, -0.05) is 110 Å². The van der Waals surface area contributed by atoms with E-state index < -0.39 is 0 Å². The van der Waals surface area contributed by atoms with Crippen molar-refractivity contribution < 1.29 is 0 Å². The van der Waals surface area contributed by atoms with Gasteiger partial charge in [-0.3, -0.25) is 0 Å². The normalized spacial score (nSPS) is 20.2. The Labute approximate surface area is 169 Å². The summed E-state index contributed by atoms with van der Waals surface area (Å²) < 4.78 is 0. The van der Waals surface area contributed by atoms with Crippen LogP contribution in [0.4, 0.5) is 0 Å². The van der Waals surface area contributed by atoms with E-state index in [1.807, 2.05) is 0 Å². The molecule has 0 fully saturated rings. The lowest BCUT2D eigenvalue weighted by atomic mass is 9.68. The first-order valence-corrected chi connectivity index (χ1v) is 12.5. The molecule has 0 saturated heterocycles. The maximum Gasteiger partial charge on any atom is 0.00558 e. The third kappa shape index (κ3) is 10.2. The maximum absolute atomic E-state index is 4.47. The molecule has 0 amide bonds.